The number of likely N-dealkylation sites (tertiary alicyclic amines) is 1. The molecule has 1 aromatic carbocycles. The zero-order chi connectivity index (χ0) is 18.1. The highest BCUT2D eigenvalue weighted by molar-refractivity contribution is 6.31. The van der Waals surface area contributed by atoms with Crippen LogP contribution in [0.2, 0.25) is 5.02 Å². The Morgan fingerprint density at radius 2 is 2.12 bits per heavy atom. The van der Waals surface area contributed by atoms with Crippen LogP contribution in [0.1, 0.15) is 36.5 Å². The largest absolute Gasteiger partial charge is 0.336 e. The number of aromatic nitrogens is 2. The first-order chi connectivity index (χ1) is 12.6. The van der Waals surface area contributed by atoms with Crippen molar-refractivity contribution in [1.82, 2.24) is 14.9 Å². The molecule has 1 amide bonds. The van der Waals surface area contributed by atoms with Crippen molar-refractivity contribution in [3.8, 4) is 11.3 Å². The molecule has 2 aromatic heterocycles. The summed E-state index contributed by atoms with van der Waals surface area (Å²) in [5.41, 5.74) is 3.07. The number of halogens is 1. The fourth-order valence-corrected chi connectivity index (χ4v) is 3.76. The second-order valence-electron chi connectivity index (χ2n) is 6.80. The summed E-state index contributed by atoms with van der Waals surface area (Å²) in [6, 6.07) is 11.5. The van der Waals surface area contributed by atoms with Crippen LogP contribution in [0.5, 0.6) is 0 Å². The van der Waals surface area contributed by atoms with Gasteiger partial charge in [-0.25, -0.2) is 4.98 Å². The molecular weight excluding hydrogens is 346 g/mol. The summed E-state index contributed by atoms with van der Waals surface area (Å²) in [6.45, 7) is 2.92. The molecule has 4 nitrogen and oxygen atoms in total. The van der Waals surface area contributed by atoms with E-state index in [-0.39, 0.29) is 11.9 Å². The third-order valence-corrected chi connectivity index (χ3v) is 5.26. The SMILES string of the molecule is CC1CCCCN1C(=O)c1cc(-c2cccnc2)nc2ccc(Cl)cc12. The van der Waals surface area contributed by atoms with Gasteiger partial charge < -0.3 is 4.90 Å². The van der Waals surface area contributed by atoms with Crippen molar-refractivity contribution in [2.24, 2.45) is 0 Å². The molecule has 1 aliphatic heterocycles. The fourth-order valence-electron chi connectivity index (χ4n) is 3.59. The van der Waals surface area contributed by atoms with Gasteiger partial charge in [0.1, 0.15) is 0 Å². The predicted molar refractivity (Wildman–Crippen MR) is 104 cm³/mol. The zero-order valence-corrected chi connectivity index (χ0v) is 15.4. The lowest BCUT2D eigenvalue weighted by Gasteiger charge is -2.33. The first-order valence-corrected chi connectivity index (χ1v) is 9.33. The van der Waals surface area contributed by atoms with E-state index in [1.54, 1.807) is 12.4 Å². The molecule has 0 bridgehead atoms. The molecule has 1 fully saturated rings. The van der Waals surface area contributed by atoms with Crippen molar-refractivity contribution in [2.75, 3.05) is 6.54 Å². The Bertz CT molecular complexity index is 958. The lowest BCUT2D eigenvalue weighted by Crippen LogP contribution is -2.42. The molecule has 1 atom stereocenters. The molecule has 4 rings (SSSR count). The average molecular weight is 366 g/mol. The standard InChI is InChI=1S/C21H20ClN3O/c1-14-5-2-3-10-25(14)21(26)18-12-20(15-6-4-9-23-13-15)24-19-8-7-16(22)11-17(18)19/h4,6-9,11-14H,2-3,5,10H2,1H3. The van der Waals surface area contributed by atoms with Crippen LogP contribution in [-0.4, -0.2) is 33.4 Å². The number of hydrogen-bond donors (Lipinski definition) is 0. The van der Waals surface area contributed by atoms with E-state index in [2.05, 4.69) is 11.9 Å². The highest BCUT2D eigenvalue weighted by Gasteiger charge is 2.26. The summed E-state index contributed by atoms with van der Waals surface area (Å²) in [5, 5.41) is 1.40. The molecule has 0 aliphatic carbocycles. The Morgan fingerprint density at radius 3 is 2.88 bits per heavy atom. The monoisotopic (exact) mass is 365 g/mol. The molecule has 0 saturated carbocycles. The van der Waals surface area contributed by atoms with Crippen LogP contribution in [-0.2, 0) is 0 Å². The van der Waals surface area contributed by atoms with Crippen molar-refractivity contribution < 1.29 is 4.79 Å². The number of rotatable bonds is 2. The first-order valence-electron chi connectivity index (χ1n) is 8.95. The Kier molecular flexibility index (Phi) is 4.60. The van der Waals surface area contributed by atoms with Crippen LogP contribution in [0.25, 0.3) is 22.2 Å². The normalized spacial score (nSPS) is 17.5. The molecule has 1 unspecified atom stereocenters. The minimum absolute atomic E-state index is 0.0528. The summed E-state index contributed by atoms with van der Waals surface area (Å²) in [5.74, 6) is 0.0528. The molecule has 132 valence electrons. The molecule has 1 aliphatic rings. The maximum absolute atomic E-state index is 13.4. The Morgan fingerprint density at radius 1 is 1.23 bits per heavy atom. The van der Waals surface area contributed by atoms with Gasteiger partial charge in [-0.1, -0.05) is 11.6 Å². The van der Waals surface area contributed by atoms with E-state index in [1.807, 2.05) is 41.3 Å². The van der Waals surface area contributed by atoms with Crippen molar-refractivity contribution >= 4 is 28.4 Å². The zero-order valence-electron chi connectivity index (χ0n) is 14.7. The minimum Gasteiger partial charge on any atom is -0.336 e. The van der Waals surface area contributed by atoms with Crippen molar-refractivity contribution in [2.45, 2.75) is 32.2 Å². The summed E-state index contributed by atoms with van der Waals surface area (Å²) < 4.78 is 0. The molecule has 0 N–H and O–H groups in total. The number of amides is 1. The van der Waals surface area contributed by atoms with Gasteiger partial charge >= 0.3 is 0 Å². The van der Waals surface area contributed by atoms with Crippen molar-refractivity contribution in [1.29, 1.82) is 0 Å². The van der Waals surface area contributed by atoms with Crippen molar-refractivity contribution in [3.05, 3.63) is 59.4 Å². The maximum atomic E-state index is 13.4. The van der Waals surface area contributed by atoms with Crippen LogP contribution in [0.3, 0.4) is 0 Å². The number of carbonyl (C=O) groups is 1. The summed E-state index contributed by atoms with van der Waals surface area (Å²) >= 11 is 6.20. The number of hydrogen-bond acceptors (Lipinski definition) is 3. The van der Waals surface area contributed by atoms with Crippen LogP contribution in [0, 0.1) is 0 Å². The van der Waals surface area contributed by atoms with Gasteiger partial charge in [0.2, 0.25) is 0 Å². The van der Waals surface area contributed by atoms with Gasteiger partial charge in [0, 0.05) is 41.0 Å². The summed E-state index contributed by atoms with van der Waals surface area (Å²) in [4.78, 5) is 24.2. The summed E-state index contributed by atoms with van der Waals surface area (Å²) in [6.07, 6.45) is 6.77. The number of benzene rings is 1. The summed E-state index contributed by atoms with van der Waals surface area (Å²) in [7, 11) is 0. The van der Waals surface area contributed by atoms with Crippen LogP contribution >= 0.6 is 11.6 Å². The van der Waals surface area contributed by atoms with E-state index in [0.29, 0.717) is 10.6 Å². The first kappa shape index (κ1) is 17.0. The third kappa shape index (κ3) is 3.17. The second kappa shape index (κ2) is 7.04. The highest BCUT2D eigenvalue weighted by Crippen LogP contribution is 2.29. The second-order valence-corrected chi connectivity index (χ2v) is 7.24. The van der Waals surface area contributed by atoms with Crippen molar-refractivity contribution in [3.63, 3.8) is 0 Å². The van der Waals surface area contributed by atoms with Crippen LogP contribution < -0.4 is 0 Å². The van der Waals surface area contributed by atoms with E-state index in [0.717, 1.165) is 41.5 Å². The van der Waals surface area contributed by atoms with Gasteiger partial charge in [-0.15, -0.1) is 0 Å². The topological polar surface area (TPSA) is 46.1 Å². The average Bonchev–Trinajstić information content (AvgIpc) is 2.68. The van der Waals surface area contributed by atoms with Crippen LogP contribution in [0.4, 0.5) is 0 Å². The maximum Gasteiger partial charge on any atom is 0.254 e. The molecule has 3 aromatic rings. The number of carbonyl (C=O) groups excluding carboxylic acids is 1. The molecule has 3 heterocycles. The number of nitrogens with zero attached hydrogens (tertiary/aromatic N) is 3. The van der Waals surface area contributed by atoms with E-state index in [4.69, 9.17) is 16.6 Å². The van der Waals surface area contributed by atoms with E-state index in [9.17, 15) is 4.79 Å². The number of fused-ring (bicyclic) bond motifs is 1. The predicted octanol–water partition coefficient (Wildman–Crippen LogP) is 4.96. The number of piperidine rings is 1. The highest BCUT2D eigenvalue weighted by atomic mass is 35.5. The Balaban J connectivity index is 1.88. The van der Waals surface area contributed by atoms with Gasteiger partial charge in [-0.3, -0.25) is 9.78 Å². The lowest BCUT2D eigenvalue weighted by molar-refractivity contribution is 0.0637. The number of pyridine rings is 2. The Hall–Kier alpha value is -2.46. The molecular formula is C21H20ClN3O. The van der Waals surface area contributed by atoms with Gasteiger partial charge in [-0.2, -0.15) is 0 Å². The molecule has 1 saturated heterocycles. The molecule has 0 spiro atoms. The smallest absolute Gasteiger partial charge is 0.254 e. The van der Waals surface area contributed by atoms with E-state index in [1.165, 1.54) is 6.42 Å². The van der Waals surface area contributed by atoms with Crippen LogP contribution in [0.15, 0.2) is 48.8 Å². The molecule has 0 radical (unpaired) electrons. The van der Waals surface area contributed by atoms with E-state index < -0.39 is 0 Å². The molecule has 26 heavy (non-hydrogen) atoms. The van der Waals surface area contributed by atoms with Gasteiger partial charge in [0.15, 0.2) is 0 Å². The molecule has 5 heteroatoms. The lowest BCUT2D eigenvalue weighted by atomic mass is 9.99. The minimum atomic E-state index is 0.0528. The van der Waals surface area contributed by atoms with Gasteiger partial charge in [0.25, 0.3) is 5.91 Å². The quantitative estimate of drug-likeness (QED) is 0.644. The van der Waals surface area contributed by atoms with Gasteiger partial charge in [0.05, 0.1) is 16.8 Å². The Labute approximate surface area is 157 Å². The van der Waals surface area contributed by atoms with E-state index >= 15 is 0 Å². The third-order valence-electron chi connectivity index (χ3n) is 5.02. The van der Waals surface area contributed by atoms with Gasteiger partial charge in [-0.05, 0) is 62.6 Å². The fraction of sp³-hybridized carbons (Fsp3) is 0.286.